The third-order valence-corrected chi connectivity index (χ3v) is 2.20. The molecule has 4 heteroatoms. The van der Waals surface area contributed by atoms with Gasteiger partial charge < -0.3 is 5.11 Å². The van der Waals surface area contributed by atoms with E-state index in [1.54, 1.807) is 6.92 Å². The zero-order valence-corrected chi connectivity index (χ0v) is 8.53. The van der Waals surface area contributed by atoms with Crippen molar-refractivity contribution >= 4 is 0 Å². The molecule has 1 N–H and O–H groups in total. The molecule has 0 radical (unpaired) electrons. The molecule has 0 aliphatic carbocycles. The normalized spacial score (nSPS) is 14.7. The summed E-state index contributed by atoms with van der Waals surface area (Å²) in [4.78, 5) is 2.74. The van der Waals surface area contributed by atoms with Crippen molar-refractivity contribution in [3.63, 3.8) is 0 Å². The fourth-order valence-corrected chi connectivity index (χ4v) is 1.20. The van der Waals surface area contributed by atoms with Crippen molar-refractivity contribution in [1.82, 2.24) is 0 Å². The Kier molecular flexibility index (Phi) is 6.37. The number of azide groups is 1. The molecule has 0 heterocycles. The Morgan fingerprint density at radius 3 is 2.54 bits per heavy atom. The molecule has 13 heavy (non-hydrogen) atoms. The average Bonchev–Trinajstić information content (AvgIpc) is 2.13. The van der Waals surface area contributed by atoms with E-state index in [2.05, 4.69) is 16.9 Å². The third-order valence-electron chi connectivity index (χ3n) is 2.20. The van der Waals surface area contributed by atoms with Crippen LogP contribution < -0.4 is 0 Å². The van der Waals surface area contributed by atoms with Crippen molar-refractivity contribution in [2.45, 2.75) is 51.5 Å². The highest BCUT2D eigenvalue weighted by Crippen LogP contribution is 2.19. The standard InChI is InChI=1S/C9H19N3O/c1-3-4-5-6-7-9(2,8-13)11-12-10/h13H,3-8H2,1-2H3/t9-/m0/s1. The molecule has 0 saturated heterocycles. The van der Waals surface area contributed by atoms with Crippen LogP contribution in [0.4, 0.5) is 0 Å². The highest BCUT2D eigenvalue weighted by molar-refractivity contribution is 4.82. The second-order valence-corrected chi connectivity index (χ2v) is 3.66. The van der Waals surface area contributed by atoms with Crippen molar-refractivity contribution in [2.75, 3.05) is 6.61 Å². The summed E-state index contributed by atoms with van der Waals surface area (Å²) in [7, 11) is 0. The number of aliphatic hydroxyl groups excluding tert-OH is 1. The number of unbranched alkanes of at least 4 members (excludes halogenated alkanes) is 3. The van der Waals surface area contributed by atoms with Gasteiger partial charge in [-0.15, -0.1) is 0 Å². The fraction of sp³-hybridized carbons (Fsp3) is 1.00. The Hall–Kier alpha value is -0.730. The maximum absolute atomic E-state index is 9.01. The van der Waals surface area contributed by atoms with Crippen molar-refractivity contribution in [3.05, 3.63) is 10.4 Å². The van der Waals surface area contributed by atoms with E-state index in [9.17, 15) is 0 Å². The molecule has 76 valence electrons. The minimum absolute atomic E-state index is 0.0663. The van der Waals surface area contributed by atoms with Gasteiger partial charge in [-0.1, -0.05) is 44.6 Å². The topological polar surface area (TPSA) is 69.0 Å². The van der Waals surface area contributed by atoms with Crippen LogP contribution in [0, 0.1) is 0 Å². The van der Waals surface area contributed by atoms with E-state index in [-0.39, 0.29) is 6.61 Å². The van der Waals surface area contributed by atoms with Gasteiger partial charge in [-0.3, -0.25) is 0 Å². The van der Waals surface area contributed by atoms with Crippen LogP contribution in [0.15, 0.2) is 5.11 Å². The molecule has 0 unspecified atom stereocenters. The summed E-state index contributed by atoms with van der Waals surface area (Å²) in [6.07, 6.45) is 5.33. The molecule has 0 amide bonds. The second-order valence-electron chi connectivity index (χ2n) is 3.66. The van der Waals surface area contributed by atoms with Crippen LogP contribution in [0.2, 0.25) is 0 Å². The molecule has 0 aliphatic rings. The van der Waals surface area contributed by atoms with Crippen LogP contribution in [0.3, 0.4) is 0 Å². The molecule has 0 saturated carbocycles. The predicted molar refractivity (Wildman–Crippen MR) is 53.4 cm³/mol. The highest BCUT2D eigenvalue weighted by Gasteiger charge is 2.20. The first-order valence-electron chi connectivity index (χ1n) is 4.85. The summed E-state index contributed by atoms with van der Waals surface area (Å²) in [5.74, 6) is 0. The van der Waals surface area contributed by atoms with E-state index < -0.39 is 5.54 Å². The first-order chi connectivity index (χ1) is 6.18. The molecule has 0 fully saturated rings. The Bertz CT molecular complexity index is 178. The van der Waals surface area contributed by atoms with Gasteiger partial charge in [0.05, 0.1) is 12.1 Å². The lowest BCUT2D eigenvalue weighted by molar-refractivity contribution is 0.197. The van der Waals surface area contributed by atoms with Gasteiger partial charge in [0.1, 0.15) is 0 Å². The van der Waals surface area contributed by atoms with Crippen LogP contribution in [0.25, 0.3) is 10.4 Å². The van der Waals surface area contributed by atoms with Crippen LogP contribution in [0.5, 0.6) is 0 Å². The van der Waals surface area contributed by atoms with E-state index in [4.69, 9.17) is 10.6 Å². The van der Waals surface area contributed by atoms with Crippen molar-refractivity contribution in [2.24, 2.45) is 5.11 Å². The lowest BCUT2D eigenvalue weighted by Gasteiger charge is -2.20. The first-order valence-corrected chi connectivity index (χ1v) is 4.85. The van der Waals surface area contributed by atoms with Crippen LogP contribution in [-0.2, 0) is 0 Å². The molecule has 0 aliphatic heterocycles. The number of hydrogen-bond acceptors (Lipinski definition) is 2. The van der Waals surface area contributed by atoms with Crippen molar-refractivity contribution < 1.29 is 5.11 Å². The van der Waals surface area contributed by atoms with E-state index in [0.717, 1.165) is 19.3 Å². The van der Waals surface area contributed by atoms with Gasteiger partial charge in [0.15, 0.2) is 0 Å². The molecule has 0 aromatic rings. The lowest BCUT2D eigenvalue weighted by Crippen LogP contribution is -2.25. The number of aliphatic hydroxyl groups is 1. The summed E-state index contributed by atoms with van der Waals surface area (Å²) in [5, 5.41) is 12.6. The maximum atomic E-state index is 9.01. The molecule has 0 rings (SSSR count). The summed E-state index contributed by atoms with van der Waals surface area (Å²) in [6.45, 7) is 3.88. The van der Waals surface area contributed by atoms with E-state index >= 15 is 0 Å². The maximum Gasteiger partial charge on any atom is 0.0690 e. The summed E-state index contributed by atoms with van der Waals surface area (Å²) in [6, 6.07) is 0. The van der Waals surface area contributed by atoms with Gasteiger partial charge >= 0.3 is 0 Å². The highest BCUT2D eigenvalue weighted by atomic mass is 16.3. The van der Waals surface area contributed by atoms with Gasteiger partial charge in [-0.2, -0.15) is 0 Å². The molecular formula is C9H19N3O. The number of rotatable bonds is 7. The SMILES string of the molecule is CCCCCC[C@@](C)(CO)N=[N+]=[N-]. The Morgan fingerprint density at radius 2 is 2.08 bits per heavy atom. The van der Waals surface area contributed by atoms with Crippen LogP contribution in [0.1, 0.15) is 46.0 Å². The quantitative estimate of drug-likeness (QED) is 0.281. The fourth-order valence-electron chi connectivity index (χ4n) is 1.20. The minimum Gasteiger partial charge on any atom is -0.396 e. The van der Waals surface area contributed by atoms with Gasteiger partial charge in [-0.25, -0.2) is 0 Å². The summed E-state index contributed by atoms with van der Waals surface area (Å²) in [5.41, 5.74) is 7.69. The second kappa shape index (κ2) is 6.75. The van der Waals surface area contributed by atoms with Crippen LogP contribution in [-0.4, -0.2) is 17.3 Å². The van der Waals surface area contributed by atoms with Crippen molar-refractivity contribution in [3.8, 4) is 0 Å². The molecule has 0 aromatic heterocycles. The van der Waals surface area contributed by atoms with E-state index in [0.29, 0.717) is 0 Å². The third kappa shape index (κ3) is 5.50. The monoisotopic (exact) mass is 185 g/mol. The van der Waals surface area contributed by atoms with E-state index in [1.165, 1.54) is 12.8 Å². The summed E-state index contributed by atoms with van der Waals surface area (Å²) >= 11 is 0. The van der Waals surface area contributed by atoms with Gasteiger partial charge in [-0.05, 0) is 12.0 Å². The molecule has 0 aromatic carbocycles. The molecule has 1 atom stereocenters. The van der Waals surface area contributed by atoms with Gasteiger partial charge in [0.2, 0.25) is 0 Å². The molecular weight excluding hydrogens is 166 g/mol. The average molecular weight is 185 g/mol. The Labute approximate surface area is 79.6 Å². The lowest BCUT2D eigenvalue weighted by atomic mass is 9.96. The Balaban J connectivity index is 3.77. The van der Waals surface area contributed by atoms with Crippen LogP contribution >= 0.6 is 0 Å². The number of nitrogens with zero attached hydrogens (tertiary/aromatic N) is 3. The van der Waals surface area contributed by atoms with Gasteiger partial charge in [0, 0.05) is 4.91 Å². The minimum atomic E-state index is -0.595. The van der Waals surface area contributed by atoms with Gasteiger partial charge in [0.25, 0.3) is 0 Å². The molecule has 0 bridgehead atoms. The largest absolute Gasteiger partial charge is 0.396 e. The predicted octanol–water partition coefficient (Wildman–Crippen LogP) is 3.02. The molecule has 4 nitrogen and oxygen atoms in total. The Morgan fingerprint density at radius 1 is 1.38 bits per heavy atom. The first kappa shape index (κ1) is 12.3. The van der Waals surface area contributed by atoms with Crippen molar-refractivity contribution in [1.29, 1.82) is 0 Å². The molecule has 0 spiro atoms. The number of hydrogen-bond donors (Lipinski definition) is 1. The smallest absolute Gasteiger partial charge is 0.0690 e. The summed E-state index contributed by atoms with van der Waals surface area (Å²) < 4.78 is 0. The van der Waals surface area contributed by atoms with E-state index in [1.807, 2.05) is 0 Å². The zero-order valence-electron chi connectivity index (χ0n) is 8.53. The zero-order chi connectivity index (χ0) is 10.2.